The summed E-state index contributed by atoms with van der Waals surface area (Å²) in [5, 5.41) is 3.43. The molecule has 0 saturated carbocycles. The number of hydrogen-bond acceptors (Lipinski definition) is 4. The first-order valence-corrected chi connectivity index (χ1v) is 8.33. The molecular weight excluding hydrogens is 335 g/mol. The number of rotatable bonds is 6. The van der Waals surface area contributed by atoms with Crippen LogP contribution in [0.4, 0.5) is 0 Å². The second-order valence-corrected chi connectivity index (χ2v) is 6.79. The fourth-order valence-corrected chi connectivity index (χ4v) is 3.68. The van der Waals surface area contributed by atoms with Crippen molar-refractivity contribution in [2.75, 3.05) is 7.05 Å². The monoisotopic (exact) mass is 348 g/mol. The molecule has 0 fully saturated rings. The largest absolute Gasteiger partial charge is 0.468 e. The van der Waals surface area contributed by atoms with Crippen LogP contribution in [0.5, 0.6) is 0 Å². The van der Waals surface area contributed by atoms with E-state index < -0.39 is 10.0 Å². The summed E-state index contributed by atoms with van der Waals surface area (Å²) in [6, 6.07) is 6.26. The van der Waals surface area contributed by atoms with E-state index in [0.717, 1.165) is 0 Å². The lowest BCUT2D eigenvalue weighted by atomic mass is 10.2. The van der Waals surface area contributed by atoms with Crippen molar-refractivity contribution in [2.45, 2.75) is 18.0 Å². The van der Waals surface area contributed by atoms with Gasteiger partial charge in [0.05, 0.1) is 17.8 Å². The molecule has 0 radical (unpaired) electrons. The van der Waals surface area contributed by atoms with E-state index >= 15 is 0 Å². The average Bonchev–Trinajstić information content (AvgIpc) is 2.94. The maximum atomic E-state index is 12.3. The van der Waals surface area contributed by atoms with E-state index in [1.165, 1.54) is 18.4 Å². The smallest absolute Gasteiger partial charge is 0.242 e. The van der Waals surface area contributed by atoms with Crippen LogP contribution in [-0.2, 0) is 23.1 Å². The molecular formula is C13H14Cl2N2O3S. The number of hydrogen-bond donors (Lipinski definition) is 2. The van der Waals surface area contributed by atoms with Gasteiger partial charge < -0.3 is 9.73 Å². The predicted molar refractivity (Wildman–Crippen MR) is 82.0 cm³/mol. The predicted octanol–water partition coefficient (Wildman–Crippen LogP) is 2.78. The Hall–Kier alpha value is -1.05. The average molecular weight is 349 g/mol. The van der Waals surface area contributed by atoms with Crippen molar-refractivity contribution in [3.8, 4) is 0 Å². The van der Waals surface area contributed by atoms with Gasteiger partial charge in [-0.2, -0.15) is 0 Å². The molecule has 21 heavy (non-hydrogen) atoms. The van der Waals surface area contributed by atoms with Crippen LogP contribution in [0.25, 0.3) is 0 Å². The zero-order valence-electron chi connectivity index (χ0n) is 11.2. The third-order valence-corrected chi connectivity index (χ3v) is 5.15. The molecule has 8 heteroatoms. The highest BCUT2D eigenvalue weighted by atomic mass is 35.5. The molecule has 1 heterocycles. The topological polar surface area (TPSA) is 71.3 Å². The zero-order valence-corrected chi connectivity index (χ0v) is 13.5. The van der Waals surface area contributed by atoms with E-state index in [2.05, 4.69) is 10.0 Å². The molecule has 0 saturated heterocycles. The molecule has 0 unspecified atom stereocenters. The molecule has 1 aromatic heterocycles. The summed E-state index contributed by atoms with van der Waals surface area (Å²) in [6.07, 6.45) is 1.48. The van der Waals surface area contributed by atoms with Crippen LogP contribution in [0, 0.1) is 0 Å². The SMILES string of the molecule is CNCc1c(Cl)ccc(S(=O)(=O)NCc2ccco2)c1Cl. The van der Waals surface area contributed by atoms with Gasteiger partial charge in [-0.3, -0.25) is 0 Å². The van der Waals surface area contributed by atoms with Crippen molar-refractivity contribution in [3.63, 3.8) is 0 Å². The number of nitrogens with one attached hydrogen (secondary N) is 2. The Bertz CT molecular complexity index is 715. The Balaban J connectivity index is 2.29. The van der Waals surface area contributed by atoms with Gasteiger partial charge in [-0.1, -0.05) is 23.2 Å². The molecule has 0 atom stereocenters. The highest BCUT2D eigenvalue weighted by molar-refractivity contribution is 7.89. The quantitative estimate of drug-likeness (QED) is 0.841. The molecule has 0 aliphatic carbocycles. The summed E-state index contributed by atoms with van der Waals surface area (Å²) >= 11 is 12.2. The minimum atomic E-state index is -3.75. The summed E-state index contributed by atoms with van der Waals surface area (Å²) in [5.41, 5.74) is 0.543. The lowest BCUT2D eigenvalue weighted by Crippen LogP contribution is -2.24. The first-order valence-electron chi connectivity index (χ1n) is 6.09. The van der Waals surface area contributed by atoms with Crippen molar-refractivity contribution in [3.05, 3.63) is 51.9 Å². The van der Waals surface area contributed by atoms with Gasteiger partial charge in [-0.15, -0.1) is 0 Å². The normalized spacial score (nSPS) is 11.8. The fourth-order valence-electron chi connectivity index (χ4n) is 1.78. The Morgan fingerprint density at radius 3 is 2.57 bits per heavy atom. The van der Waals surface area contributed by atoms with Crippen LogP contribution in [0.15, 0.2) is 39.8 Å². The van der Waals surface area contributed by atoms with E-state index in [1.807, 2.05) is 0 Å². The van der Waals surface area contributed by atoms with Crippen LogP contribution in [0.3, 0.4) is 0 Å². The Morgan fingerprint density at radius 1 is 1.19 bits per heavy atom. The third kappa shape index (κ3) is 3.78. The van der Waals surface area contributed by atoms with E-state index in [0.29, 0.717) is 22.9 Å². The van der Waals surface area contributed by atoms with Crippen LogP contribution in [0.1, 0.15) is 11.3 Å². The summed E-state index contributed by atoms with van der Waals surface area (Å²) in [7, 11) is -2.03. The lowest BCUT2D eigenvalue weighted by Gasteiger charge is -2.12. The van der Waals surface area contributed by atoms with Gasteiger partial charge in [-0.05, 0) is 31.3 Å². The van der Waals surface area contributed by atoms with Crippen molar-refractivity contribution in [1.82, 2.24) is 10.0 Å². The molecule has 0 bridgehead atoms. The molecule has 0 spiro atoms. The van der Waals surface area contributed by atoms with Gasteiger partial charge >= 0.3 is 0 Å². The van der Waals surface area contributed by atoms with Gasteiger partial charge in [0.15, 0.2) is 0 Å². The third-order valence-electron chi connectivity index (χ3n) is 2.81. The van der Waals surface area contributed by atoms with Gasteiger partial charge in [0.1, 0.15) is 10.7 Å². The van der Waals surface area contributed by atoms with Gasteiger partial charge in [-0.25, -0.2) is 13.1 Å². The number of furan rings is 1. The van der Waals surface area contributed by atoms with Crippen molar-refractivity contribution >= 4 is 33.2 Å². The second kappa shape index (κ2) is 6.81. The van der Waals surface area contributed by atoms with Crippen LogP contribution in [0.2, 0.25) is 10.0 Å². The zero-order chi connectivity index (χ0) is 15.5. The fraction of sp³-hybridized carbons (Fsp3) is 0.231. The summed E-state index contributed by atoms with van der Waals surface area (Å²) in [5.74, 6) is 0.513. The maximum Gasteiger partial charge on any atom is 0.242 e. The van der Waals surface area contributed by atoms with Crippen LogP contribution >= 0.6 is 23.2 Å². The summed E-state index contributed by atoms with van der Waals surface area (Å²) < 4.78 is 32.2. The molecule has 5 nitrogen and oxygen atoms in total. The van der Waals surface area contributed by atoms with Crippen molar-refractivity contribution < 1.29 is 12.8 Å². The highest BCUT2D eigenvalue weighted by Crippen LogP contribution is 2.31. The molecule has 2 aromatic rings. The lowest BCUT2D eigenvalue weighted by molar-refractivity contribution is 0.498. The van der Waals surface area contributed by atoms with Gasteiger partial charge in [0, 0.05) is 17.1 Å². The first kappa shape index (κ1) is 16.3. The number of benzene rings is 1. The Morgan fingerprint density at radius 2 is 1.95 bits per heavy atom. The van der Waals surface area contributed by atoms with E-state index in [4.69, 9.17) is 27.6 Å². The molecule has 2 N–H and O–H groups in total. The summed E-state index contributed by atoms with van der Waals surface area (Å²) in [6.45, 7) is 0.425. The standard InChI is InChI=1S/C13H14Cl2N2O3S/c1-16-8-10-11(14)4-5-12(13(10)15)21(18,19)17-7-9-3-2-6-20-9/h2-6,16-17H,7-8H2,1H3. The summed E-state index contributed by atoms with van der Waals surface area (Å²) in [4.78, 5) is -0.00891. The van der Waals surface area contributed by atoms with E-state index in [1.54, 1.807) is 19.2 Å². The molecule has 0 aliphatic heterocycles. The Kier molecular flexibility index (Phi) is 5.29. The number of halogens is 2. The van der Waals surface area contributed by atoms with E-state index in [9.17, 15) is 8.42 Å². The first-order chi connectivity index (χ1) is 9.95. The van der Waals surface area contributed by atoms with Crippen LogP contribution < -0.4 is 10.0 Å². The highest BCUT2D eigenvalue weighted by Gasteiger charge is 2.21. The molecule has 114 valence electrons. The second-order valence-electron chi connectivity index (χ2n) is 4.27. The van der Waals surface area contributed by atoms with Crippen molar-refractivity contribution in [2.24, 2.45) is 0 Å². The van der Waals surface area contributed by atoms with Crippen LogP contribution in [-0.4, -0.2) is 15.5 Å². The molecule has 0 amide bonds. The number of sulfonamides is 1. The Labute approximate surface area is 133 Å². The van der Waals surface area contributed by atoms with Gasteiger partial charge in [0.2, 0.25) is 10.0 Å². The minimum absolute atomic E-state index is 0.00891. The molecule has 1 aromatic carbocycles. The molecule has 2 rings (SSSR count). The maximum absolute atomic E-state index is 12.3. The molecule has 0 aliphatic rings. The minimum Gasteiger partial charge on any atom is -0.468 e. The van der Waals surface area contributed by atoms with Gasteiger partial charge in [0.25, 0.3) is 0 Å². The van der Waals surface area contributed by atoms with E-state index in [-0.39, 0.29) is 16.5 Å². The van der Waals surface area contributed by atoms with Crippen molar-refractivity contribution in [1.29, 1.82) is 0 Å².